The first-order valence-corrected chi connectivity index (χ1v) is 10.1. The van der Waals surface area contributed by atoms with Gasteiger partial charge < -0.3 is 10.1 Å². The van der Waals surface area contributed by atoms with E-state index >= 15 is 0 Å². The van der Waals surface area contributed by atoms with Crippen LogP contribution in [-0.2, 0) is 17.5 Å². The molecule has 164 valence electrons. The summed E-state index contributed by atoms with van der Waals surface area (Å²) in [7, 11) is 0. The highest BCUT2D eigenvalue weighted by Gasteiger charge is 2.30. The highest BCUT2D eigenvalue weighted by Crippen LogP contribution is 2.30. The Bertz CT molecular complexity index is 930. The average Bonchev–Trinajstić information content (AvgIpc) is 2.75. The van der Waals surface area contributed by atoms with Gasteiger partial charge in [0.05, 0.1) is 17.2 Å². The van der Waals surface area contributed by atoms with E-state index in [-0.39, 0.29) is 11.9 Å². The number of nitrogens with one attached hydrogen (secondary N) is 1. The standard InChI is InChI=1S/C23H24F3N3O2/c1-16(31-21-7-5-17(14-27)6-8-21)22(30)28-20-9-11-29(12-10-20)15-18-3-2-4-19(13-18)23(24,25)26/h2-8,13,16,20H,9-12,15H2,1H3,(H,28,30). The molecule has 1 N–H and O–H groups in total. The van der Waals surface area contributed by atoms with Gasteiger partial charge in [-0.3, -0.25) is 9.69 Å². The number of carbonyl (C=O) groups excluding carboxylic acids is 1. The van der Waals surface area contributed by atoms with Crippen LogP contribution in [0.3, 0.4) is 0 Å². The number of halogens is 3. The van der Waals surface area contributed by atoms with E-state index in [4.69, 9.17) is 10.00 Å². The second-order valence-corrected chi connectivity index (χ2v) is 7.65. The maximum Gasteiger partial charge on any atom is 0.416 e. The van der Waals surface area contributed by atoms with Crippen molar-refractivity contribution in [2.75, 3.05) is 13.1 Å². The third kappa shape index (κ3) is 6.46. The quantitative estimate of drug-likeness (QED) is 0.747. The number of nitrogens with zero attached hydrogens (tertiary/aromatic N) is 2. The molecular formula is C23H24F3N3O2. The lowest BCUT2D eigenvalue weighted by Gasteiger charge is -2.33. The fourth-order valence-corrected chi connectivity index (χ4v) is 3.52. The molecule has 1 aliphatic heterocycles. The predicted octanol–water partition coefficient (Wildman–Crippen LogP) is 4.13. The van der Waals surface area contributed by atoms with Gasteiger partial charge in [0, 0.05) is 25.7 Å². The van der Waals surface area contributed by atoms with Crippen molar-refractivity contribution >= 4 is 5.91 Å². The van der Waals surface area contributed by atoms with Gasteiger partial charge in [-0.25, -0.2) is 0 Å². The number of amides is 1. The number of piperidine rings is 1. The molecule has 0 bridgehead atoms. The SMILES string of the molecule is CC(Oc1ccc(C#N)cc1)C(=O)NC1CCN(Cc2cccc(C(F)(F)F)c2)CC1. The molecule has 1 atom stereocenters. The van der Waals surface area contributed by atoms with Crippen molar-refractivity contribution in [2.45, 2.75) is 44.6 Å². The largest absolute Gasteiger partial charge is 0.481 e. The molecule has 2 aromatic carbocycles. The van der Waals surface area contributed by atoms with Crippen LogP contribution in [0.1, 0.15) is 36.5 Å². The summed E-state index contributed by atoms with van der Waals surface area (Å²) in [5.74, 6) is 0.290. The van der Waals surface area contributed by atoms with E-state index < -0.39 is 17.8 Å². The van der Waals surface area contributed by atoms with Crippen LogP contribution in [0.2, 0.25) is 0 Å². The minimum atomic E-state index is -4.34. The molecule has 0 aromatic heterocycles. The minimum Gasteiger partial charge on any atom is -0.481 e. The number of rotatable bonds is 6. The number of alkyl halides is 3. The lowest BCUT2D eigenvalue weighted by Crippen LogP contribution is -2.47. The van der Waals surface area contributed by atoms with Crippen molar-refractivity contribution in [1.82, 2.24) is 10.2 Å². The Morgan fingerprint density at radius 1 is 1.23 bits per heavy atom. The molecule has 0 saturated carbocycles. The van der Waals surface area contributed by atoms with Crippen LogP contribution < -0.4 is 10.1 Å². The average molecular weight is 431 g/mol. The Labute approximate surface area is 179 Å². The van der Waals surface area contributed by atoms with Crippen LogP contribution >= 0.6 is 0 Å². The smallest absolute Gasteiger partial charge is 0.416 e. The normalized spacial score (nSPS) is 16.4. The summed E-state index contributed by atoms with van der Waals surface area (Å²) >= 11 is 0. The summed E-state index contributed by atoms with van der Waals surface area (Å²) in [5, 5.41) is 11.8. The van der Waals surface area contributed by atoms with Crippen molar-refractivity contribution in [3.8, 4) is 11.8 Å². The lowest BCUT2D eigenvalue weighted by atomic mass is 10.0. The molecule has 1 amide bonds. The molecular weight excluding hydrogens is 407 g/mol. The van der Waals surface area contributed by atoms with E-state index in [9.17, 15) is 18.0 Å². The van der Waals surface area contributed by atoms with Crippen molar-refractivity contribution in [3.63, 3.8) is 0 Å². The van der Waals surface area contributed by atoms with E-state index in [1.54, 1.807) is 37.3 Å². The third-order valence-corrected chi connectivity index (χ3v) is 5.26. The molecule has 2 aromatic rings. The molecule has 1 heterocycles. The van der Waals surface area contributed by atoms with Crippen LogP contribution in [-0.4, -0.2) is 36.0 Å². The Morgan fingerprint density at radius 2 is 1.90 bits per heavy atom. The van der Waals surface area contributed by atoms with Gasteiger partial charge >= 0.3 is 6.18 Å². The zero-order valence-electron chi connectivity index (χ0n) is 17.2. The second-order valence-electron chi connectivity index (χ2n) is 7.65. The molecule has 8 heteroatoms. The molecule has 0 radical (unpaired) electrons. The summed E-state index contributed by atoms with van der Waals surface area (Å²) in [6, 6.07) is 14.0. The molecule has 1 aliphatic rings. The van der Waals surface area contributed by atoms with Crippen molar-refractivity contribution in [2.24, 2.45) is 0 Å². The molecule has 5 nitrogen and oxygen atoms in total. The Morgan fingerprint density at radius 3 is 2.52 bits per heavy atom. The molecule has 1 fully saturated rings. The van der Waals surface area contributed by atoms with E-state index in [1.165, 1.54) is 12.1 Å². The highest BCUT2D eigenvalue weighted by molar-refractivity contribution is 5.81. The lowest BCUT2D eigenvalue weighted by molar-refractivity contribution is -0.137. The number of benzene rings is 2. The molecule has 3 rings (SSSR count). The van der Waals surface area contributed by atoms with Gasteiger partial charge in [-0.2, -0.15) is 18.4 Å². The first kappa shape index (κ1) is 22.6. The zero-order valence-corrected chi connectivity index (χ0v) is 17.2. The molecule has 0 aliphatic carbocycles. The maximum atomic E-state index is 12.9. The Hall–Kier alpha value is -3.05. The van der Waals surface area contributed by atoms with Gasteiger partial charge in [0.25, 0.3) is 5.91 Å². The summed E-state index contributed by atoms with van der Waals surface area (Å²) in [6.07, 6.45) is -3.59. The second kappa shape index (κ2) is 9.84. The Balaban J connectivity index is 1.45. The van der Waals surface area contributed by atoms with E-state index in [2.05, 4.69) is 10.2 Å². The number of likely N-dealkylation sites (tertiary alicyclic amines) is 1. The Kier molecular flexibility index (Phi) is 7.18. The van der Waals surface area contributed by atoms with Crippen LogP contribution in [0.15, 0.2) is 48.5 Å². The summed E-state index contributed by atoms with van der Waals surface area (Å²) < 4.78 is 44.3. The maximum absolute atomic E-state index is 12.9. The topological polar surface area (TPSA) is 65.4 Å². The first-order valence-electron chi connectivity index (χ1n) is 10.1. The van der Waals surface area contributed by atoms with Gasteiger partial charge in [-0.1, -0.05) is 18.2 Å². The van der Waals surface area contributed by atoms with Crippen molar-refractivity contribution in [3.05, 3.63) is 65.2 Å². The highest BCUT2D eigenvalue weighted by atomic mass is 19.4. The van der Waals surface area contributed by atoms with Gasteiger partial charge in [-0.15, -0.1) is 0 Å². The fraction of sp³-hybridized carbons (Fsp3) is 0.391. The summed E-state index contributed by atoms with van der Waals surface area (Å²) in [6.45, 7) is 3.48. The van der Waals surface area contributed by atoms with Crippen LogP contribution in [0.5, 0.6) is 5.75 Å². The summed E-state index contributed by atoms with van der Waals surface area (Å²) in [4.78, 5) is 14.5. The molecule has 1 unspecified atom stereocenters. The van der Waals surface area contributed by atoms with Gasteiger partial charge in [-0.05, 0) is 55.7 Å². The van der Waals surface area contributed by atoms with Gasteiger partial charge in [0.15, 0.2) is 6.10 Å². The van der Waals surface area contributed by atoms with Crippen LogP contribution in [0.25, 0.3) is 0 Å². The number of nitriles is 1. The molecule has 1 saturated heterocycles. The van der Waals surface area contributed by atoms with Gasteiger partial charge in [0.2, 0.25) is 0 Å². The fourth-order valence-electron chi connectivity index (χ4n) is 3.52. The first-order chi connectivity index (χ1) is 14.7. The zero-order chi connectivity index (χ0) is 22.4. The third-order valence-electron chi connectivity index (χ3n) is 5.26. The number of carbonyl (C=O) groups is 1. The number of hydrogen-bond donors (Lipinski definition) is 1. The minimum absolute atomic E-state index is 0.00252. The van der Waals surface area contributed by atoms with Crippen molar-refractivity contribution in [1.29, 1.82) is 5.26 Å². The van der Waals surface area contributed by atoms with E-state index in [1.807, 2.05) is 6.07 Å². The van der Waals surface area contributed by atoms with Crippen LogP contribution in [0.4, 0.5) is 13.2 Å². The number of hydrogen-bond acceptors (Lipinski definition) is 4. The van der Waals surface area contributed by atoms with Crippen molar-refractivity contribution < 1.29 is 22.7 Å². The monoisotopic (exact) mass is 431 g/mol. The molecule has 31 heavy (non-hydrogen) atoms. The van der Waals surface area contributed by atoms with E-state index in [0.29, 0.717) is 49.4 Å². The predicted molar refractivity (Wildman–Crippen MR) is 109 cm³/mol. The number of ether oxygens (including phenoxy) is 1. The molecule has 0 spiro atoms. The van der Waals surface area contributed by atoms with Gasteiger partial charge in [0.1, 0.15) is 5.75 Å². The van der Waals surface area contributed by atoms with Crippen LogP contribution in [0, 0.1) is 11.3 Å². The van der Waals surface area contributed by atoms with E-state index in [0.717, 1.165) is 6.07 Å². The summed E-state index contributed by atoms with van der Waals surface area (Å²) in [5.41, 5.74) is 0.506.